The van der Waals surface area contributed by atoms with Crippen LogP contribution in [0.25, 0.3) is 10.9 Å². The SMILES string of the molecule is CCCN(CC)CCc1c[nH]c2c(F)cccc12. The molecule has 0 amide bonds. The third-order valence-corrected chi connectivity index (χ3v) is 3.43. The first kappa shape index (κ1) is 13.1. The number of hydrogen-bond donors (Lipinski definition) is 1. The lowest BCUT2D eigenvalue weighted by atomic mass is 10.1. The molecule has 0 atom stereocenters. The fraction of sp³-hybridized carbons (Fsp3) is 0.467. The van der Waals surface area contributed by atoms with Gasteiger partial charge in [0, 0.05) is 18.1 Å². The van der Waals surface area contributed by atoms with Crippen molar-refractivity contribution in [1.82, 2.24) is 9.88 Å². The Bertz CT molecular complexity index is 504. The van der Waals surface area contributed by atoms with E-state index in [1.54, 1.807) is 6.07 Å². The van der Waals surface area contributed by atoms with Gasteiger partial charge in [0.15, 0.2) is 0 Å². The molecule has 98 valence electrons. The van der Waals surface area contributed by atoms with Gasteiger partial charge in [0.1, 0.15) is 5.82 Å². The monoisotopic (exact) mass is 248 g/mol. The second-order valence-electron chi connectivity index (χ2n) is 4.66. The van der Waals surface area contributed by atoms with Crippen molar-refractivity contribution in [2.45, 2.75) is 26.7 Å². The minimum absolute atomic E-state index is 0.167. The molecule has 0 saturated heterocycles. The molecule has 2 rings (SSSR count). The molecule has 0 saturated carbocycles. The van der Waals surface area contributed by atoms with E-state index in [9.17, 15) is 4.39 Å². The molecule has 2 aromatic rings. The summed E-state index contributed by atoms with van der Waals surface area (Å²) in [7, 11) is 0. The Morgan fingerprint density at radius 2 is 2.06 bits per heavy atom. The molecule has 3 heteroatoms. The van der Waals surface area contributed by atoms with Crippen molar-refractivity contribution in [2.24, 2.45) is 0 Å². The summed E-state index contributed by atoms with van der Waals surface area (Å²) >= 11 is 0. The molecular weight excluding hydrogens is 227 g/mol. The lowest BCUT2D eigenvalue weighted by Gasteiger charge is -2.18. The smallest absolute Gasteiger partial charge is 0.147 e. The van der Waals surface area contributed by atoms with Gasteiger partial charge in [0.05, 0.1) is 5.52 Å². The van der Waals surface area contributed by atoms with Crippen LogP contribution in [-0.2, 0) is 6.42 Å². The van der Waals surface area contributed by atoms with Gasteiger partial charge in [-0.2, -0.15) is 0 Å². The molecule has 0 aliphatic heterocycles. The van der Waals surface area contributed by atoms with E-state index >= 15 is 0 Å². The predicted molar refractivity (Wildman–Crippen MR) is 74.4 cm³/mol. The largest absolute Gasteiger partial charge is 0.359 e. The van der Waals surface area contributed by atoms with E-state index in [-0.39, 0.29) is 5.82 Å². The van der Waals surface area contributed by atoms with Gasteiger partial charge in [0.2, 0.25) is 0 Å². The number of fused-ring (bicyclic) bond motifs is 1. The van der Waals surface area contributed by atoms with Crippen molar-refractivity contribution in [2.75, 3.05) is 19.6 Å². The Morgan fingerprint density at radius 3 is 2.78 bits per heavy atom. The maximum atomic E-state index is 13.5. The van der Waals surface area contributed by atoms with Gasteiger partial charge in [-0.25, -0.2) is 4.39 Å². The third-order valence-electron chi connectivity index (χ3n) is 3.43. The molecular formula is C15H21FN2. The maximum absolute atomic E-state index is 13.5. The average Bonchev–Trinajstić information content (AvgIpc) is 2.79. The lowest BCUT2D eigenvalue weighted by Crippen LogP contribution is -2.26. The fourth-order valence-electron chi connectivity index (χ4n) is 2.41. The number of para-hydroxylation sites is 1. The van der Waals surface area contributed by atoms with Crippen LogP contribution >= 0.6 is 0 Å². The summed E-state index contributed by atoms with van der Waals surface area (Å²) < 4.78 is 13.5. The molecule has 18 heavy (non-hydrogen) atoms. The van der Waals surface area contributed by atoms with E-state index in [1.165, 1.54) is 18.1 Å². The predicted octanol–water partition coefficient (Wildman–Crippen LogP) is 3.58. The zero-order chi connectivity index (χ0) is 13.0. The van der Waals surface area contributed by atoms with Crippen molar-refractivity contribution in [3.05, 3.63) is 35.8 Å². The fourth-order valence-corrected chi connectivity index (χ4v) is 2.41. The van der Waals surface area contributed by atoms with Crippen molar-refractivity contribution in [3.63, 3.8) is 0 Å². The molecule has 0 radical (unpaired) electrons. The molecule has 0 bridgehead atoms. The Balaban J connectivity index is 2.10. The molecule has 0 fully saturated rings. The van der Waals surface area contributed by atoms with E-state index in [1.807, 2.05) is 12.3 Å². The highest BCUT2D eigenvalue weighted by molar-refractivity contribution is 5.83. The quantitative estimate of drug-likeness (QED) is 0.828. The summed E-state index contributed by atoms with van der Waals surface area (Å²) in [5.74, 6) is -0.167. The summed E-state index contributed by atoms with van der Waals surface area (Å²) in [5.41, 5.74) is 1.84. The van der Waals surface area contributed by atoms with Gasteiger partial charge in [-0.05, 0) is 37.6 Å². The Kier molecular flexibility index (Phi) is 4.37. The maximum Gasteiger partial charge on any atom is 0.147 e. The second kappa shape index (κ2) is 6.01. The number of aromatic nitrogens is 1. The molecule has 1 aromatic heterocycles. The third kappa shape index (κ3) is 2.72. The summed E-state index contributed by atoms with van der Waals surface area (Å²) in [6.07, 6.45) is 4.08. The van der Waals surface area contributed by atoms with Crippen LogP contribution in [-0.4, -0.2) is 29.5 Å². The summed E-state index contributed by atoms with van der Waals surface area (Å²) in [6, 6.07) is 5.26. The number of benzene rings is 1. The Hall–Kier alpha value is -1.35. The highest BCUT2D eigenvalue weighted by Gasteiger charge is 2.08. The Labute approximate surface area is 108 Å². The van der Waals surface area contributed by atoms with Crippen molar-refractivity contribution in [3.8, 4) is 0 Å². The number of aromatic amines is 1. The second-order valence-corrected chi connectivity index (χ2v) is 4.66. The van der Waals surface area contributed by atoms with E-state index in [4.69, 9.17) is 0 Å². The molecule has 0 aliphatic carbocycles. The highest BCUT2D eigenvalue weighted by atomic mass is 19.1. The zero-order valence-corrected chi connectivity index (χ0v) is 11.2. The van der Waals surface area contributed by atoms with Gasteiger partial charge in [-0.3, -0.25) is 0 Å². The number of likely N-dealkylation sites (N-methyl/N-ethyl adjacent to an activating group) is 1. The average molecular weight is 248 g/mol. The van der Waals surface area contributed by atoms with Crippen molar-refractivity contribution < 1.29 is 4.39 Å². The summed E-state index contributed by atoms with van der Waals surface area (Å²) in [6.45, 7) is 7.62. The first-order valence-corrected chi connectivity index (χ1v) is 6.73. The van der Waals surface area contributed by atoms with Crippen LogP contribution < -0.4 is 0 Å². The van der Waals surface area contributed by atoms with Crippen molar-refractivity contribution in [1.29, 1.82) is 0 Å². The van der Waals surface area contributed by atoms with Gasteiger partial charge in [0.25, 0.3) is 0 Å². The minimum atomic E-state index is -0.167. The van der Waals surface area contributed by atoms with Gasteiger partial charge < -0.3 is 9.88 Å². The van der Waals surface area contributed by atoms with Crippen LogP contribution in [0.2, 0.25) is 0 Å². The standard InChI is InChI=1S/C15H21FN2/c1-3-9-18(4-2)10-8-12-11-17-15-13(12)6-5-7-14(15)16/h5-7,11,17H,3-4,8-10H2,1-2H3. The van der Waals surface area contributed by atoms with Crippen LogP contribution in [0, 0.1) is 5.82 Å². The number of nitrogens with zero attached hydrogens (tertiary/aromatic N) is 1. The first-order chi connectivity index (χ1) is 8.76. The summed E-state index contributed by atoms with van der Waals surface area (Å²) in [5, 5.41) is 1.02. The zero-order valence-electron chi connectivity index (χ0n) is 11.2. The van der Waals surface area contributed by atoms with Crippen LogP contribution in [0.15, 0.2) is 24.4 Å². The molecule has 0 aliphatic rings. The number of rotatable bonds is 6. The number of hydrogen-bond acceptors (Lipinski definition) is 1. The highest BCUT2D eigenvalue weighted by Crippen LogP contribution is 2.21. The van der Waals surface area contributed by atoms with Crippen LogP contribution in [0.1, 0.15) is 25.8 Å². The number of H-pyrrole nitrogens is 1. The minimum Gasteiger partial charge on any atom is -0.359 e. The van der Waals surface area contributed by atoms with E-state index in [2.05, 4.69) is 23.7 Å². The molecule has 1 N–H and O–H groups in total. The van der Waals surface area contributed by atoms with Crippen LogP contribution in [0.3, 0.4) is 0 Å². The number of nitrogens with one attached hydrogen (secondary N) is 1. The Morgan fingerprint density at radius 1 is 1.22 bits per heavy atom. The van der Waals surface area contributed by atoms with E-state index < -0.39 is 0 Å². The number of halogens is 1. The van der Waals surface area contributed by atoms with E-state index in [0.717, 1.165) is 31.4 Å². The molecule has 1 aromatic carbocycles. The molecule has 0 spiro atoms. The molecule has 1 heterocycles. The van der Waals surface area contributed by atoms with Crippen molar-refractivity contribution >= 4 is 10.9 Å². The van der Waals surface area contributed by atoms with Gasteiger partial charge in [-0.15, -0.1) is 0 Å². The van der Waals surface area contributed by atoms with Gasteiger partial charge in [-0.1, -0.05) is 26.0 Å². The normalized spacial score (nSPS) is 11.6. The molecule has 0 unspecified atom stereocenters. The topological polar surface area (TPSA) is 19.0 Å². The van der Waals surface area contributed by atoms with Gasteiger partial charge >= 0.3 is 0 Å². The van der Waals surface area contributed by atoms with E-state index in [0.29, 0.717) is 5.52 Å². The first-order valence-electron chi connectivity index (χ1n) is 6.73. The van der Waals surface area contributed by atoms with Crippen LogP contribution in [0.5, 0.6) is 0 Å². The summed E-state index contributed by atoms with van der Waals surface area (Å²) in [4.78, 5) is 5.47. The van der Waals surface area contributed by atoms with Crippen LogP contribution in [0.4, 0.5) is 4.39 Å². The lowest BCUT2D eigenvalue weighted by molar-refractivity contribution is 0.293. The molecule has 2 nitrogen and oxygen atoms in total.